The normalized spacial score (nSPS) is 17.8. The van der Waals surface area contributed by atoms with Gasteiger partial charge in [0.1, 0.15) is 17.9 Å². The van der Waals surface area contributed by atoms with Gasteiger partial charge in [-0.25, -0.2) is 8.78 Å². The number of halogens is 4. The molecule has 1 amide bonds. The molecular weight excluding hydrogens is 525 g/mol. The summed E-state index contributed by atoms with van der Waals surface area (Å²) in [6, 6.07) is 6.13. The number of piperazine rings is 1. The van der Waals surface area contributed by atoms with Gasteiger partial charge in [-0.1, -0.05) is 29.3 Å². The van der Waals surface area contributed by atoms with Crippen molar-refractivity contribution in [2.75, 3.05) is 31.8 Å². The number of nitrogens with one attached hydrogen (secondary N) is 2. The summed E-state index contributed by atoms with van der Waals surface area (Å²) in [5.74, 6) is -1.22. The number of ether oxygens (including phenoxy) is 1. The fraction of sp³-hybridized carbons (Fsp3) is 0.385. The molecule has 3 aromatic rings. The Hall–Kier alpha value is -2.88. The minimum atomic E-state index is -0.767. The second kappa shape index (κ2) is 11.2. The number of hydrogen-bond donors (Lipinski definition) is 2. The zero-order chi connectivity index (χ0) is 26.9. The van der Waals surface area contributed by atoms with E-state index < -0.39 is 23.8 Å². The van der Waals surface area contributed by atoms with E-state index in [9.17, 15) is 14.0 Å². The average Bonchev–Trinajstić information content (AvgIpc) is 2.83. The molecule has 2 heterocycles. The number of anilines is 1. The number of carbonyl (C=O) groups is 1. The lowest BCUT2D eigenvalue weighted by atomic mass is 10.1. The molecule has 1 fully saturated rings. The maximum absolute atomic E-state index is 15.6. The Balaban J connectivity index is 1.80. The molecule has 0 aliphatic carbocycles. The summed E-state index contributed by atoms with van der Waals surface area (Å²) in [7, 11) is 1.38. The van der Waals surface area contributed by atoms with Gasteiger partial charge in [-0.2, -0.15) is 0 Å². The van der Waals surface area contributed by atoms with Crippen molar-refractivity contribution in [1.29, 1.82) is 0 Å². The number of fused-ring (bicyclic) bond motifs is 1. The topological polar surface area (TPSA) is 75.6 Å². The van der Waals surface area contributed by atoms with Crippen LogP contribution >= 0.6 is 23.2 Å². The molecule has 1 saturated heterocycles. The summed E-state index contributed by atoms with van der Waals surface area (Å²) >= 11 is 12.1. The van der Waals surface area contributed by atoms with Crippen LogP contribution in [0.1, 0.15) is 29.8 Å². The largest absolute Gasteiger partial charge is 0.492 e. The smallest absolute Gasteiger partial charge is 0.257 e. The van der Waals surface area contributed by atoms with Crippen LogP contribution in [0.4, 0.5) is 14.5 Å². The number of alkyl halides is 1. The molecule has 0 saturated carbocycles. The van der Waals surface area contributed by atoms with Crippen LogP contribution in [0, 0.1) is 5.82 Å². The number of aromatic nitrogens is 1. The Bertz CT molecular complexity index is 1390. The minimum Gasteiger partial charge on any atom is -0.492 e. The number of rotatable bonds is 7. The number of hydrogen-bond acceptors (Lipinski definition) is 5. The lowest BCUT2D eigenvalue weighted by Gasteiger charge is -2.38. The van der Waals surface area contributed by atoms with Crippen LogP contribution in [0.5, 0.6) is 5.75 Å². The van der Waals surface area contributed by atoms with E-state index in [-0.39, 0.29) is 53.1 Å². The predicted molar refractivity (Wildman–Crippen MR) is 143 cm³/mol. The molecule has 1 aliphatic rings. The van der Waals surface area contributed by atoms with Gasteiger partial charge in [0.25, 0.3) is 5.91 Å². The first-order valence-corrected chi connectivity index (χ1v) is 12.6. The Morgan fingerprint density at radius 2 is 1.92 bits per heavy atom. The summed E-state index contributed by atoms with van der Waals surface area (Å²) < 4.78 is 36.2. The number of carbonyl (C=O) groups excluding carboxylic acids is 1. The first-order valence-electron chi connectivity index (χ1n) is 11.9. The van der Waals surface area contributed by atoms with Crippen LogP contribution in [-0.2, 0) is 13.1 Å². The van der Waals surface area contributed by atoms with Gasteiger partial charge in [-0.15, -0.1) is 0 Å². The van der Waals surface area contributed by atoms with Crippen molar-refractivity contribution in [3.05, 3.63) is 67.7 Å². The van der Waals surface area contributed by atoms with Crippen molar-refractivity contribution in [1.82, 2.24) is 15.2 Å². The summed E-state index contributed by atoms with van der Waals surface area (Å²) in [6.45, 7) is 4.14. The van der Waals surface area contributed by atoms with Crippen LogP contribution in [0.25, 0.3) is 10.9 Å². The molecule has 2 atom stereocenters. The van der Waals surface area contributed by atoms with Gasteiger partial charge in [0.15, 0.2) is 11.6 Å². The molecule has 2 N–H and O–H groups in total. The van der Waals surface area contributed by atoms with E-state index in [0.717, 1.165) is 6.07 Å². The molecule has 37 heavy (non-hydrogen) atoms. The van der Waals surface area contributed by atoms with Crippen LogP contribution < -0.4 is 25.7 Å². The van der Waals surface area contributed by atoms with Gasteiger partial charge in [0, 0.05) is 48.0 Å². The van der Waals surface area contributed by atoms with Crippen LogP contribution in [0.2, 0.25) is 10.0 Å². The van der Waals surface area contributed by atoms with E-state index >= 15 is 4.39 Å². The first kappa shape index (κ1) is 27.2. The monoisotopic (exact) mass is 552 g/mol. The molecule has 198 valence electrons. The van der Waals surface area contributed by atoms with Crippen LogP contribution in [0.3, 0.4) is 0 Å². The fourth-order valence-corrected chi connectivity index (χ4v) is 5.33. The SMILES string of the molecule is COc1c(N2CC(C)NC(C)C2)c(F)cc2c(=O)c(C(=O)NCc3ccc(Cl)cc3Cl)cn(CCF)c12. The zero-order valence-electron chi connectivity index (χ0n) is 20.7. The lowest BCUT2D eigenvalue weighted by Crippen LogP contribution is -2.54. The molecule has 4 rings (SSSR count). The second-order valence-electron chi connectivity index (χ2n) is 9.18. The molecule has 2 unspecified atom stereocenters. The van der Waals surface area contributed by atoms with Gasteiger partial charge >= 0.3 is 0 Å². The maximum atomic E-state index is 15.6. The zero-order valence-corrected chi connectivity index (χ0v) is 22.2. The number of benzene rings is 2. The Labute approximate surface area is 223 Å². The lowest BCUT2D eigenvalue weighted by molar-refractivity contribution is 0.0949. The Morgan fingerprint density at radius 1 is 1.22 bits per heavy atom. The van der Waals surface area contributed by atoms with Gasteiger partial charge in [0.05, 0.1) is 24.6 Å². The summed E-state index contributed by atoms with van der Waals surface area (Å²) in [6.07, 6.45) is 1.29. The van der Waals surface area contributed by atoms with Crippen molar-refractivity contribution in [2.24, 2.45) is 0 Å². The van der Waals surface area contributed by atoms with E-state index in [2.05, 4.69) is 10.6 Å². The highest BCUT2D eigenvalue weighted by Crippen LogP contribution is 2.39. The molecule has 0 radical (unpaired) electrons. The summed E-state index contributed by atoms with van der Waals surface area (Å²) in [5, 5.41) is 6.78. The molecule has 1 aliphatic heterocycles. The molecule has 0 bridgehead atoms. The van der Waals surface area contributed by atoms with E-state index in [4.69, 9.17) is 27.9 Å². The number of amides is 1. The number of methoxy groups -OCH3 is 1. The molecular formula is C26H28Cl2F2N4O3. The molecule has 0 spiro atoms. The van der Waals surface area contributed by atoms with E-state index in [0.29, 0.717) is 28.7 Å². The quantitative estimate of drug-likeness (QED) is 0.450. The average molecular weight is 553 g/mol. The first-order chi connectivity index (χ1) is 17.6. The standard InChI is InChI=1S/C26H28Cl2F2N4O3/c1-14-11-34(12-15(2)32-14)23-21(30)9-18-22(25(23)37-3)33(7-6-29)13-19(24(18)35)26(36)31-10-16-4-5-17(27)8-20(16)28/h4-5,8-9,13-15,32H,6-7,10-12H2,1-3H3,(H,31,36). The van der Waals surface area contributed by atoms with E-state index in [1.54, 1.807) is 18.2 Å². The number of nitrogens with zero attached hydrogens (tertiary/aromatic N) is 2. The van der Waals surface area contributed by atoms with Gasteiger partial charge in [-0.05, 0) is 37.6 Å². The van der Waals surface area contributed by atoms with Crippen molar-refractivity contribution in [2.45, 2.75) is 39.0 Å². The van der Waals surface area contributed by atoms with E-state index in [1.807, 2.05) is 18.7 Å². The van der Waals surface area contributed by atoms with E-state index in [1.165, 1.54) is 17.9 Å². The highest BCUT2D eigenvalue weighted by atomic mass is 35.5. The second-order valence-corrected chi connectivity index (χ2v) is 10.0. The highest BCUT2D eigenvalue weighted by molar-refractivity contribution is 6.35. The Morgan fingerprint density at radius 3 is 2.54 bits per heavy atom. The molecule has 1 aromatic heterocycles. The van der Waals surface area contributed by atoms with Crippen molar-refractivity contribution in [3.8, 4) is 5.75 Å². The predicted octanol–water partition coefficient (Wildman–Crippen LogP) is 4.54. The molecule has 7 nitrogen and oxygen atoms in total. The highest BCUT2D eigenvalue weighted by Gasteiger charge is 2.29. The van der Waals surface area contributed by atoms with Crippen molar-refractivity contribution >= 4 is 45.7 Å². The third kappa shape index (κ3) is 5.54. The molecule has 2 aromatic carbocycles. The van der Waals surface area contributed by atoms with Crippen LogP contribution in [0.15, 0.2) is 35.3 Å². The Kier molecular flexibility index (Phi) is 8.26. The third-order valence-corrected chi connectivity index (χ3v) is 6.93. The minimum absolute atomic E-state index is 0.0331. The van der Waals surface area contributed by atoms with Crippen molar-refractivity contribution < 1.29 is 18.3 Å². The summed E-state index contributed by atoms with van der Waals surface area (Å²) in [5.41, 5.74) is 0.107. The van der Waals surface area contributed by atoms with Crippen LogP contribution in [-0.4, -0.2) is 49.4 Å². The summed E-state index contributed by atoms with van der Waals surface area (Å²) in [4.78, 5) is 28.3. The van der Waals surface area contributed by atoms with Crippen molar-refractivity contribution in [3.63, 3.8) is 0 Å². The maximum Gasteiger partial charge on any atom is 0.257 e. The molecule has 11 heteroatoms. The fourth-order valence-electron chi connectivity index (χ4n) is 4.85. The van der Waals surface area contributed by atoms with Gasteiger partial charge in [-0.3, -0.25) is 9.59 Å². The van der Waals surface area contributed by atoms with Gasteiger partial charge < -0.3 is 24.8 Å². The number of pyridine rings is 1. The third-order valence-electron chi connectivity index (χ3n) is 6.35. The number of aryl methyl sites for hydroxylation is 1. The van der Waals surface area contributed by atoms with Gasteiger partial charge in [0.2, 0.25) is 5.43 Å².